The minimum absolute atomic E-state index is 1.04. The lowest BCUT2D eigenvalue weighted by Gasteiger charge is -2.19. The van der Waals surface area contributed by atoms with E-state index in [2.05, 4.69) is 29.3 Å². The zero-order valence-corrected chi connectivity index (χ0v) is 12.4. The smallest absolute Gasteiger partial charge is 0.0300 e. The largest absolute Gasteiger partial charge is 0.311 e. The molecule has 1 aliphatic heterocycles. The van der Waals surface area contributed by atoms with Gasteiger partial charge in [-0.1, -0.05) is 19.8 Å². The number of aryl methyl sites for hydroxylation is 1. The Morgan fingerprint density at radius 1 is 1.11 bits per heavy atom. The van der Waals surface area contributed by atoms with Crippen molar-refractivity contribution in [3.05, 3.63) is 21.9 Å². The van der Waals surface area contributed by atoms with E-state index in [0.717, 1.165) is 13.1 Å². The molecule has 3 heteroatoms. The Labute approximate surface area is 115 Å². The van der Waals surface area contributed by atoms with Gasteiger partial charge in [-0.05, 0) is 44.5 Å². The van der Waals surface area contributed by atoms with Crippen molar-refractivity contribution in [3.8, 4) is 0 Å². The maximum atomic E-state index is 3.58. The van der Waals surface area contributed by atoms with Gasteiger partial charge < -0.3 is 10.2 Å². The Hall–Kier alpha value is -0.380. The summed E-state index contributed by atoms with van der Waals surface area (Å²) in [6, 6.07) is 4.53. The Bertz CT molecular complexity index is 327. The SMILES string of the molecule is CCc1ccc(CNCCN2CCCCCC2)s1. The van der Waals surface area contributed by atoms with Crippen LogP contribution in [0.1, 0.15) is 42.4 Å². The van der Waals surface area contributed by atoms with Crippen LogP contribution in [0.5, 0.6) is 0 Å². The lowest BCUT2D eigenvalue weighted by atomic mass is 10.2. The molecule has 1 aliphatic rings. The minimum Gasteiger partial charge on any atom is -0.311 e. The summed E-state index contributed by atoms with van der Waals surface area (Å²) in [6.45, 7) is 8.22. The zero-order valence-electron chi connectivity index (χ0n) is 11.6. The van der Waals surface area contributed by atoms with E-state index in [1.54, 1.807) is 0 Å². The van der Waals surface area contributed by atoms with Crippen molar-refractivity contribution in [1.29, 1.82) is 0 Å². The van der Waals surface area contributed by atoms with Crippen LogP contribution in [-0.2, 0) is 13.0 Å². The molecule has 18 heavy (non-hydrogen) atoms. The Morgan fingerprint density at radius 2 is 1.83 bits per heavy atom. The lowest BCUT2D eigenvalue weighted by molar-refractivity contribution is 0.284. The highest BCUT2D eigenvalue weighted by atomic mass is 32.1. The molecule has 2 rings (SSSR count). The first-order valence-electron chi connectivity index (χ1n) is 7.39. The van der Waals surface area contributed by atoms with E-state index in [9.17, 15) is 0 Å². The molecule has 1 fully saturated rings. The molecule has 0 aliphatic carbocycles. The molecule has 0 saturated carbocycles. The molecule has 102 valence electrons. The van der Waals surface area contributed by atoms with Gasteiger partial charge in [0.15, 0.2) is 0 Å². The second-order valence-electron chi connectivity index (χ2n) is 5.15. The van der Waals surface area contributed by atoms with Crippen molar-refractivity contribution in [2.24, 2.45) is 0 Å². The summed E-state index contributed by atoms with van der Waals surface area (Å²) in [5, 5.41) is 3.58. The van der Waals surface area contributed by atoms with E-state index in [1.807, 2.05) is 11.3 Å². The van der Waals surface area contributed by atoms with Crippen LogP contribution in [0.2, 0.25) is 0 Å². The summed E-state index contributed by atoms with van der Waals surface area (Å²) >= 11 is 1.95. The summed E-state index contributed by atoms with van der Waals surface area (Å²) in [7, 11) is 0. The molecular formula is C15H26N2S. The zero-order chi connectivity index (χ0) is 12.6. The van der Waals surface area contributed by atoms with Gasteiger partial charge >= 0.3 is 0 Å². The predicted octanol–water partition coefficient (Wildman–Crippen LogP) is 3.28. The molecular weight excluding hydrogens is 240 g/mol. The van der Waals surface area contributed by atoms with Crippen LogP contribution in [0.4, 0.5) is 0 Å². The summed E-state index contributed by atoms with van der Waals surface area (Å²) < 4.78 is 0. The van der Waals surface area contributed by atoms with Crippen LogP contribution in [0.15, 0.2) is 12.1 Å². The molecule has 0 radical (unpaired) electrons. The van der Waals surface area contributed by atoms with Crippen molar-refractivity contribution in [3.63, 3.8) is 0 Å². The highest BCUT2D eigenvalue weighted by Gasteiger charge is 2.07. The molecule has 0 atom stereocenters. The average molecular weight is 266 g/mol. The van der Waals surface area contributed by atoms with E-state index in [-0.39, 0.29) is 0 Å². The Balaban J connectivity index is 1.60. The van der Waals surface area contributed by atoms with Crippen LogP contribution in [0.25, 0.3) is 0 Å². The summed E-state index contributed by atoms with van der Waals surface area (Å²) in [6.07, 6.45) is 6.81. The summed E-state index contributed by atoms with van der Waals surface area (Å²) in [5.74, 6) is 0. The van der Waals surface area contributed by atoms with Crippen molar-refractivity contribution in [2.45, 2.75) is 45.6 Å². The first-order valence-corrected chi connectivity index (χ1v) is 8.21. The molecule has 1 saturated heterocycles. The van der Waals surface area contributed by atoms with Crippen LogP contribution in [-0.4, -0.2) is 31.1 Å². The van der Waals surface area contributed by atoms with Crippen molar-refractivity contribution < 1.29 is 0 Å². The number of nitrogens with one attached hydrogen (secondary N) is 1. The number of hydrogen-bond donors (Lipinski definition) is 1. The maximum Gasteiger partial charge on any atom is 0.0300 e. The molecule has 0 bridgehead atoms. The number of thiophene rings is 1. The monoisotopic (exact) mass is 266 g/mol. The standard InChI is InChI=1S/C15H26N2S/c1-2-14-7-8-15(18-14)13-16-9-12-17-10-5-3-4-6-11-17/h7-8,16H,2-6,9-13H2,1H3. The van der Waals surface area contributed by atoms with Crippen molar-refractivity contribution in [2.75, 3.05) is 26.2 Å². The second kappa shape index (κ2) is 7.93. The third kappa shape index (κ3) is 4.71. The van der Waals surface area contributed by atoms with Gasteiger partial charge in [-0.25, -0.2) is 0 Å². The van der Waals surface area contributed by atoms with E-state index in [4.69, 9.17) is 0 Å². The number of likely N-dealkylation sites (tertiary alicyclic amines) is 1. The first-order chi connectivity index (χ1) is 8.88. The molecule has 0 amide bonds. The fourth-order valence-electron chi connectivity index (χ4n) is 2.52. The number of rotatable bonds is 6. The van der Waals surface area contributed by atoms with Crippen LogP contribution >= 0.6 is 11.3 Å². The molecule has 1 aromatic rings. The third-order valence-electron chi connectivity index (χ3n) is 3.67. The van der Waals surface area contributed by atoms with Gasteiger partial charge in [0.05, 0.1) is 0 Å². The fraction of sp³-hybridized carbons (Fsp3) is 0.733. The van der Waals surface area contributed by atoms with E-state index < -0.39 is 0 Å². The number of nitrogens with zero attached hydrogens (tertiary/aromatic N) is 1. The Morgan fingerprint density at radius 3 is 2.50 bits per heavy atom. The normalized spacial score (nSPS) is 17.8. The van der Waals surface area contributed by atoms with Crippen LogP contribution < -0.4 is 5.32 Å². The van der Waals surface area contributed by atoms with Gasteiger partial charge in [0.2, 0.25) is 0 Å². The van der Waals surface area contributed by atoms with Gasteiger partial charge in [0.1, 0.15) is 0 Å². The average Bonchev–Trinajstić information content (AvgIpc) is 2.70. The third-order valence-corrected chi connectivity index (χ3v) is 4.90. The summed E-state index contributed by atoms with van der Waals surface area (Å²) in [5.41, 5.74) is 0. The van der Waals surface area contributed by atoms with Crippen LogP contribution in [0, 0.1) is 0 Å². The Kier molecular flexibility index (Phi) is 6.18. The fourth-order valence-corrected chi connectivity index (χ4v) is 3.44. The molecule has 2 heterocycles. The molecule has 1 N–H and O–H groups in total. The van der Waals surface area contributed by atoms with Gasteiger partial charge in [-0.2, -0.15) is 0 Å². The van der Waals surface area contributed by atoms with E-state index in [1.165, 1.54) is 61.5 Å². The highest BCUT2D eigenvalue weighted by Crippen LogP contribution is 2.16. The van der Waals surface area contributed by atoms with Gasteiger partial charge in [-0.15, -0.1) is 11.3 Å². The van der Waals surface area contributed by atoms with E-state index in [0.29, 0.717) is 0 Å². The highest BCUT2D eigenvalue weighted by molar-refractivity contribution is 7.11. The van der Waals surface area contributed by atoms with Crippen molar-refractivity contribution in [1.82, 2.24) is 10.2 Å². The molecule has 0 aromatic carbocycles. The molecule has 2 nitrogen and oxygen atoms in total. The topological polar surface area (TPSA) is 15.3 Å². The summed E-state index contributed by atoms with van der Waals surface area (Å²) in [4.78, 5) is 5.59. The first kappa shape index (κ1) is 14.0. The maximum absolute atomic E-state index is 3.58. The van der Waals surface area contributed by atoms with Crippen LogP contribution in [0.3, 0.4) is 0 Å². The second-order valence-corrected chi connectivity index (χ2v) is 6.41. The molecule has 1 aromatic heterocycles. The van der Waals surface area contributed by atoms with Crippen molar-refractivity contribution >= 4 is 11.3 Å². The number of hydrogen-bond acceptors (Lipinski definition) is 3. The van der Waals surface area contributed by atoms with Gasteiger partial charge in [0, 0.05) is 29.4 Å². The predicted molar refractivity (Wildman–Crippen MR) is 80.3 cm³/mol. The van der Waals surface area contributed by atoms with Gasteiger partial charge in [-0.3, -0.25) is 0 Å². The molecule has 0 unspecified atom stereocenters. The lowest BCUT2D eigenvalue weighted by Crippen LogP contribution is -2.32. The quantitative estimate of drug-likeness (QED) is 0.795. The molecule has 0 spiro atoms. The minimum atomic E-state index is 1.04. The van der Waals surface area contributed by atoms with Gasteiger partial charge in [0.25, 0.3) is 0 Å². The van der Waals surface area contributed by atoms with E-state index >= 15 is 0 Å².